The number of pyridine rings is 1. The van der Waals surface area contributed by atoms with Gasteiger partial charge in [0, 0.05) is 19.3 Å². The van der Waals surface area contributed by atoms with Gasteiger partial charge < -0.3 is 4.57 Å². The van der Waals surface area contributed by atoms with Crippen molar-refractivity contribution in [2.24, 2.45) is 0 Å². The molecule has 0 aliphatic carbocycles. The van der Waals surface area contributed by atoms with Gasteiger partial charge in [-0.3, -0.25) is 9.69 Å². The van der Waals surface area contributed by atoms with E-state index in [1.165, 1.54) is 5.56 Å². The number of hydrogen-bond acceptors (Lipinski definition) is 3. The molecule has 0 saturated carbocycles. The molecule has 0 bridgehead atoms. The van der Waals surface area contributed by atoms with Crippen LogP contribution >= 0.6 is 0 Å². The van der Waals surface area contributed by atoms with Crippen molar-refractivity contribution in [3.63, 3.8) is 0 Å². The normalized spacial score (nSPS) is 14.9. The van der Waals surface area contributed by atoms with E-state index in [0.29, 0.717) is 24.0 Å². The third kappa shape index (κ3) is 2.01. The Morgan fingerprint density at radius 2 is 2.05 bits per heavy atom. The Hall–Kier alpha value is -2.17. The van der Waals surface area contributed by atoms with Gasteiger partial charge in [0.2, 0.25) is 0 Å². The third-order valence-electron chi connectivity index (χ3n) is 3.46. The predicted molar refractivity (Wildman–Crippen MR) is 72.2 cm³/mol. The van der Waals surface area contributed by atoms with Gasteiger partial charge in [-0.15, -0.1) is 0 Å². The standard InChI is InChI=1S/C14H16N4O/c1-10(2)11-3-4-13(16-7-11)18-6-5-17-9-15-8-12(17)14(18)19/h3-4,7-10H,5-6H2,1-2H3. The van der Waals surface area contributed by atoms with E-state index in [1.807, 2.05) is 22.9 Å². The van der Waals surface area contributed by atoms with E-state index in [-0.39, 0.29) is 5.91 Å². The molecule has 3 heterocycles. The van der Waals surface area contributed by atoms with Crippen molar-refractivity contribution in [3.05, 3.63) is 42.1 Å². The molecular formula is C14H16N4O. The first-order valence-electron chi connectivity index (χ1n) is 6.45. The lowest BCUT2D eigenvalue weighted by Crippen LogP contribution is -2.40. The highest BCUT2D eigenvalue weighted by Gasteiger charge is 2.26. The van der Waals surface area contributed by atoms with E-state index in [9.17, 15) is 4.79 Å². The Kier molecular flexibility index (Phi) is 2.81. The average Bonchev–Trinajstić information content (AvgIpc) is 2.88. The van der Waals surface area contributed by atoms with Gasteiger partial charge in [-0.05, 0) is 17.5 Å². The number of nitrogens with zero attached hydrogens (tertiary/aromatic N) is 4. The minimum Gasteiger partial charge on any atom is -0.325 e. The number of anilines is 1. The minimum atomic E-state index is -0.0338. The zero-order chi connectivity index (χ0) is 13.4. The number of carbonyl (C=O) groups excluding carboxylic acids is 1. The summed E-state index contributed by atoms with van der Waals surface area (Å²) >= 11 is 0. The molecule has 5 nitrogen and oxygen atoms in total. The predicted octanol–water partition coefficient (Wildman–Crippen LogP) is 2.06. The molecule has 0 fully saturated rings. The van der Waals surface area contributed by atoms with Gasteiger partial charge in [0.05, 0.1) is 12.5 Å². The number of aromatic nitrogens is 3. The van der Waals surface area contributed by atoms with Crippen LogP contribution in [0, 0.1) is 0 Å². The highest BCUT2D eigenvalue weighted by Crippen LogP contribution is 2.21. The Balaban J connectivity index is 1.89. The molecule has 1 aliphatic heterocycles. The number of fused-ring (bicyclic) bond motifs is 1. The van der Waals surface area contributed by atoms with Crippen LogP contribution in [-0.2, 0) is 6.54 Å². The van der Waals surface area contributed by atoms with Gasteiger partial charge in [-0.1, -0.05) is 19.9 Å². The smallest absolute Gasteiger partial charge is 0.277 e. The summed E-state index contributed by atoms with van der Waals surface area (Å²) in [5.74, 6) is 1.12. The SMILES string of the molecule is CC(C)c1ccc(N2CCn3cncc3C2=O)nc1. The summed E-state index contributed by atoms with van der Waals surface area (Å²) in [4.78, 5) is 22.5. The lowest BCUT2D eigenvalue weighted by atomic mass is 10.1. The molecule has 1 aliphatic rings. The second kappa shape index (κ2) is 4.50. The van der Waals surface area contributed by atoms with E-state index in [0.717, 1.165) is 6.54 Å². The van der Waals surface area contributed by atoms with Crippen LogP contribution in [0.25, 0.3) is 0 Å². The number of hydrogen-bond donors (Lipinski definition) is 0. The van der Waals surface area contributed by atoms with Crippen LogP contribution in [0.15, 0.2) is 30.9 Å². The van der Waals surface area contributed by atoms with Crippen LogP contribution in [0.1, 0.15) is 35.8 Å². The monoisotopic (exact) mass is 256 g/mol. The molecule has 19 heavy (non-hydrogen) atoms. The Morgan fingerprint density at radius 1 is 1.21 bits per heavy atom. The minimum absolute atomic E-state index is 0.0338. The van der Waals surface area contributed by atoms with Crippen molar-refractivity contribution < 1.29 is 4.79 Å². The Labute approximate surface area is 111 Å². The van der Waals surface area contributed by atoms with Crippen LogP contribution in [0.3, 0.4) is 0 Å². The molecule has 0 atom stereocenters. The topological polar surface area (TPSA) is 51.0 Å². The molecular weight excluding hydrogens is 240 g/mol. The quantitative estimate of drug-likeness (QED) is 0.826. The molecule has 2 aromatic rings. The van der Waals surface area contributed by atoms with Crippen LogP contribution in [0.2, 0.25) is 0 Å². The number of rotatable bonds is 2. The highest BCUT2D eigenvalue weighted by molar-refractivity contribution is 6.04. The zero-order valence-electron chi connectivity index (χ0n) is 11.1. The maximum absolute atomic E-state index is 12.3. The van der Waals surface area contributed by atoms with Crippen molar-refractivity contribution in [2.45, 2.75) is 26.3 Å². The van der Waals surface area contributed by atoms with Crippen LogP contribution in [0.4, 0.5) is 5.82 Å². The Morgan fingerprint density at radius 3 is 2.74 bits per heavy atom. The number of imidazole rings is 1. The number of carbonyl (C=O) groups is 1. The summed E-state index contributed by atoms with van der Waals surface area (Å²) in [6, 6.07) is 3.95. The molecule has 98 valence electrons. The van der Waals surface area contributed by atoms with E-state index in [4.69, 9.17) is 0 Å². The highest BCUT2D eigenvalue weighted by atomic mass is 16.2. The average molecular weight is 256 g/mol. The van der Waals surface area contributed by atoms with Crippen molar-refractivity contribution in [3.8, 4) is 0 Å². The first-order chi connectivity index (χ1) is 9.16. The second-order valence-electron chi connectivity index (χ2n) is 5.03. The van der Waals surface area contributed by atoms with Crippen LogP contribution in [0.5, 0.6) is 0 Å². The van der Waals surface area contributed by atoms with E-state index in [2.05, 4.69) is 23.8 Å². The summed E-state index contributed by atoms with van der Waals surface area (Å²) in [7, 11) is 0. The summed E-state index contributed by atoms with van der Waals surface area (Å²) < 4.78 is 1.88. The maximum Gasteiger partial charge on any atom is 0.277 e. The van der Waals surface area contributed by atoms with Crippen LogP contribution in [-0.4, -0.2) is 27.0 Å². The van der Waals surface area contributed by atoms with Crippen molar-refractivity contribution >= 4 is 11.7 Å². The van der Waals surface area contributed by atoms with Crippen molar-refractivity contribution in [1.29, 1.82) is 0 Å². The summed E-state index contributed by atoms with van der Waals surface area (Å²) in [5, 5.41) is 0. The maximum atomic E-state index is 12.3. The van der Waals surface area contributed by atoms with Crippen LogP contribution < -0.4 is 4.90 Å². The van der Waals surface area contributed by atoms with Gasteiger partial charge in [0.25, 0.3) is 5.91 Å². The fourth-order valence-electron chi connectivity index (χ4n) is 2.24. The molecule has 5 heteroatoms. The molecule has 0 saturated heterocycles. The summed E-state index contributed by atoms with van der Waals surface area (Å²) in [5.41, 5.74) is 1.80. The summed E-state index contributed by atoms with van der Waals surface area (Å²) in [6.45, 7) is 5.65. The van der Waals surface area contributed by atoms with Gasteiger partial charge in [-0.2, -0.15) is 0 Å². The van der Waals surface area contributed by atoms with Crippen molar-refractivity contribution in [1.82, 2.24) is 14.5 Å². The fraction of sp³-hybridized carbons (Fsp3) is 0.357. The molecule has 0 unspecified atom stereocenters. The largest absolute Gasteiger partial charge is 0.325 e. The lowest BCUT2D eigenvalue weighted by Gasteiger charge is -2.27. The molecule has 0 spiro atoms. The number of amides is 1. The fourth-order valence-corrected chi connectivity index (χ4v) is 2.24. The molecule has 3 rings (SSSR count). The molecule has 0 aromatic carbocycles. The van der Waals surface area contributed by atoms with Gasteiger partial charge in [-0.25, -0.2) is 9.97 Å². The second-order valence-corrected chi connectivity index (χ2v) is 5.03. The molecule has 0 N–H and O–H groups in total. The van der Waals surface area contributed by atoms with E-state index < -0.39 is 0 Å². The van der Waals surface area contributed by atoms with Crippen molar-refractivity contribution in [2.75, 3.05) is 11.4 Å². The van der Waals surface area contributed by atoms with Gasteiger partial charge >= 0.3 is 0 Å². The zero-order valence-corrected chi connectivity index (χ0v) is 11.1. The first kappa shape index (κ1) is 11.9. The van der Waals surface area contributed by atoms with E-state index in [1.54, 1.807) is 17.4 Å². The van der Waals surface area contributed by atoms with Gasteiger partial charge in [0.1, 0.15) is 11.5 Å². The molecule has 1 amide bonds. The Bertz CT molecular complexity index is 600. The van der Waals surface area contributed by atoms with Gasteiger partial charge in [0.15, 0.2) is 0 Å². The third-order valence-corrected chi connectivity index (χ3v) is 3.46. The lowest BCUT2D eigenvalue weighted by molar-refractivity contribution is 0.0964. The molecule has 0 radical (unpaired) electrons. The molecule has 2 aromatic heterocycles. The summed E-state index contributed by atoms with van der Waals surface area (Å²) in [6.07, 6.45) is 5.15. The van der Waals surface area contributed by atoms with E-state index >= 15 is 0 Å². The first-order valence-corrected chi connectivity index (χ1v) is 6.45.